The first kappa shape index (κ1) is 41.7. The number of unbranched alkanes of at least 4 members (excludes halogenated alkanes) is 1. The molecular formula is C45H52ClN5O5. The number of halogens is 1. The van der Waals surface area contributed by atoms with Crippen LogP contribution in [0.4, 0.5) is 4.79 Å². The van der Waals surface area contributed by atoms with Crippen LogP contribution in [0, 0.1) is 0 Å². The van der Waals surface area contributed by atoms with Crippen LogP contribution < -0.4 is 10.6 Å². The summed E-state index contributed by atoms with van der Waals surface area (Å²) in [6.45, 7) is 5.38. The zero-order valence-electron chi connectivity index (χ0n) is 32.7. The van der Waals surface area contributed by atoms with Crippen LogP contribution in [0.3, 0.4) is 0 Å². The lowest BCUT2D eigenvalue weighted by Crippen LogP contribution is -2.49. The smallest absolute Gasteiger partial charge is 0.338 e. The van der Waals surface area contributed by atoms with E-state index >= 15 is 0 Å². The third kappa shape index (κ3) is 11.1. The largest absolute Gasteiger partial charge is 0.457 e. The molecular weight excluding hydrogens is 726 g/mol. The Balaban J connectivity index is 1.38. The van der Waals surface area contributed by atoms with E-state index in [0.29, 0.717) is 47.1 Å². The Morgan fingerprint density at radius 2 is 1.50 bits per heavy atom. The SMILES string of the molecule is CCCCNC(=O)C(c1ccc(-c2ccccc2)cc1)N(CCN(C)C)C(=O)CCCN1C(=O)NC(c2ccc(Cl)cc2)C(C(=O)OCc2ccccc2)=C1C. The normalized spacial score (nSPS) is 14.6. The van der Waals surface area contributed by atoms with E-state index in [1.807, 2.05) is 104 Å². The summed E-state index contributed by atoms with van der Waals surface area (Å²) in [6, 6.07) is 32.1. The number of likely N-dealkylation sites (N-methyl/N-ethyl adjacent to an activating group) is 1. The number of rotatable bonds is 18. The average molecular weight is 778 g/mol. The van der Waals surface area contributed by atoms with Crippen molar-refractivity contribution in [3.63, 3.8) is 0 Å². The summed E-state index contributed by atoms with van der Waals surface area (Å²) < 4.78 is 5.77. The minimum atomic E-state index is -0.852. The number of carbonyl (C=O) groups is 4. The first-order valence-corrected chi connectivity index (χ1v) is 19.6. The molecule has 1 aliphatic rings. The molecule has 0 fully saturated rings. The van der Waals surface area contributed by atoms with E-state index in [0.717, 1.165) is 29.5 Å². The van der Waals surface area contributed by atoms with Gasteiger partial charge in [0.15, 0.2) is 0 Å². The first-order chi connectivity index (χ1) is 27.1. The molecule has 1 heterocycles. The quantitative estimate of drug-likeness (QED) is 0.0785. The molecule has 4 aromatic rings. The van der Waals surface area contributed by atoms with Gasteiger partial charge >= 0.3 is 12.0 Å². The molecule has 0 saturated carbocycles. The number of carbonyl (C=O) groups excluding carboxylic acids is 4. The van der Waals surface area contributed by atoms with Crippen LogP contribution in [-0.2, 0) is 25.7 Å². The highest BCUT2D eigenvalue weighted by molar-refractivity contribution is 6.30. The van der Waals surface area contributed by atoms with E-state index in [1.165, 1.54) is 4.90 Å². The highest BCUT2D eigenvalue weighted by atomic mass is 35.5. The minimum Gasteiger partial charge on any atom is -0.457 e. The molecule has 4 amide bonds. The van der Waals surface area contributed by atoms with Crippen LogP contribution >= 0.6 is 11.6 Å². The maximum atomic E-state index is 14.3. The highest BCUT2D eigenvalue weighted by Gasteiger charge is 2.37. The van der Waals surface area contributed by atoms with Crippen LogP contribution in [0.5, 0.6) is 0 Å². The van der Waals surface area contributed by atoms with Crippen molar-refractivity contribution in [2.45, 2.75) is 58.2 Å². The van der Waals surface area contributed by atoms with Crippen molar-refractivity contribution in [1.82, 2.24) is 25.3 Å². The number of benzene rings is 4. The summed E-state index contributed by atoms with van der Waals surface area (Å²) in [5.74, 6) is -1.01. The van der Waals surface area contributed by atoms with Crippen molar-refractivity contribution in [3.05, 3.63) is 142 Å². The van der Waals surface area contributed by atoms with Gasteiger partial charge in [-0.3, -0.25) is 14.5 Å². The number of esters is 1. The van der Waals surface area contributed by atoms with Crippen LogP contribution in [0.25, 0.3) is 11.1 Å². The summed E-state index contributed by atoms with van der Waals surface area (Å²) in [4.78, 5) is 60.8. The van der Waals surface area contributed by atoms with E-state index < -0.39 is 24.1 Å². The molecule has 5 rings (SSSR count). The Morgan fingerprint density at radius 1 is 0.857 bits per heavy atom. The van der Waals surface area contributed by atoms with Crippen molar-refractivity contribution >= 4 is 35.4 Å². The second-order valence-corrected chi connectivity index (χ2v) is 14.6. The molecule has 0 bridgehead atoms. The summed E-state index contributed by atoms with van der Waals surface area (Å²) >= 11 is 6.16. The van der Waals surface area contributed by atoms with Gasteiger partial charge in [0, 0.05) is 43.3 Å². The molecule has 10 nitrogen and oxygen atoms in total. The van der Waals surface area contributed by atoms with Crippen LogP contribution in [0.1, 0.15) is 68.3 Å². The Morgan fingerprint density at radius 3 is 2.14 bits per heavy atom. The third-order valence-electron chi connectivity index (χ3n) is 9.84. The average Bonchev–Trinajstić information content (AvgIpc) is 3.20. The lowest BCUT2D eigenvalue weighted by molar-refractivity contribution is -0.141. The summed E-state index contributed by atoms with van der Waals surface area (Å²) in [5.41, 5.74) is 5.03. The lowest BCUT2D eigenvalue weighted by Gasteiger charge is -2.36. The van der Waals surface area contributed by atoms with Gasteiger partial charge in [0.2, 0.25) is 11.8 Å². The van der Waals surface area contributed by atoms with E-state index in [-0.39, 0.29) is 37.8 Å². The predicted octanol–water partition coefficient (Wildman–Crippen LogP) is 7.92. The minimum absolute atomic E-state index is 0.0667. The summed E-state index contributed by atoms with van der Waals surface area (Å²) in [6.07, 6.45) is 2.10. The molecule has 0 aromatic heterocycles. The van der Waals surface area contributed by atoms with Crippen LogP contribution in [0.2, 0.25) is 5.02 Å². The third-order valence-corrected chi connectivity index (χ3v) is 10.1. The molecule has 0 saturated heterocycles. The van der Waals surface area contributed by atoms with Crippen LogP contribution in [0.15, 0.2) is 120 Å². The number of hydrogen-bond donors (Lipinski definition) is 2. The van der Waals surface area contributed by atoms with Gasteiger partial charge in [0.05, 0.1) is 11.6 Å². The van der Waals surface area contributed by atoms with Gasteiger partial charge in [0.25, 0.3) is 0 Å². The second-order valence-electron chi connectivity index (χ2n) is 14.2. The van der Waals surface area contributed by atoms with Crippen molar-refractivity contribution < 1.29 is 23.9 Å². The number of urea groups is 1. The predicted molar refractivity (Wildman–Crippen MR) is 220 cm³/mol. The zero-order chi connectivity index (χ0) is 40.0. The monoisotopic (exact) mass is 777 g/mol. The molecule has 56 heavy (non-hydrogen) atoms. The molecule has 2 unspecified atom stereocenters. The summed E-state index contributed by atoms with van der Waals surface area (Å²) in [5, 5.41) is 6.57. The maximum Gasteiger partial charge on any atom is 0.338 e. The highest BCUT2D eigenvalue weighted by Crippen LogP contribution is 2.33. The fourth-order valence-corrected chi connectivity index (χ4v) is 6.83. The number of nitrogens with one attached hydrogen (secondary N) is 2. The van der Waals surface area contributed by atoms with Gasteiger partial charge in [0.1, 0.15) is 12.6 Å². The molecule has 2 N–H and O–H groups in total. The molecule has 2 atom stereocenters. The van der Waals surface area contributed by atoms with Gasteiger partial charge in [-0.2, -0.15) is 0 Å². The Hall–Kier alpha value is -5.45. The Bertz CT molecular complexity index is 1950. The second kappa shape index (κ2) is 20.5. The topological polar surface area (TPSA) is 111 Å². The Kier molecular flexibility index (Phi) is 15.2. The molecule has 294 valence electrons. The van der Waals surface area contributed by atoms with Gasteiger partial charge in [-0.1, -0.05) is 122 Å². The van der Waals surface area contributed by atoms with Crippen molar-refractivity contribution in [1.29, 1.82) is 0 Å². The standard InChI is InChI=1S/C45H52ClN5O5/c1-5-6-27-47-43(53)42(37-21-19-35(20-22-37)34-16-11-8-12-17-34)51(30-29-49(3)4)39(52)18-13-28-50-32(2)40(44(54)56-31-33-14-9-7-10-15-33)41(48-45(50)55)36-23-25-38(46)26-24-36/h7-12,14-17,19-26,41-42H,5-6,13,18,27-31H2,1-4H3,(H,47,53)(H,48,55). The maximum absolute atomic E-state index is 14.3. The number of hydrogen-bond acceptors (Lipinski definition) is 6. The van der Waals surface area contributed by atoms with Gasteiger partial charge in [-0.05, 0) is 73.8 Å². The van der Waals surface area contributed by atoms with Crippen LogP contribution in [-0.4, -0.2) is 78.8 Å². The first-order valence-electron chi connectivity index (χ1n) is 19.2. The number of ether oxygens (including phenoxy) is 1. The van der Waals surface area contributed by atoms with Crippen molar-refractivity contribution in [2.75, 3.05) is 40.3 Å². The van der Waals surface area contributed by atoms with Gasteiger partial charge in [-0.25, -0.2) is 9.59 Å². The fourth-order valence-electron chi connectivity index (χ4n) is 6.70. The lowest BCUT2D eigenvalue weighted by atomic mass is 9.94. The molecule has 0 aliphatic carbocycles. The van der Waals surface area contributed by atoms with E-state index in [4.69, 9.17) is 16.3 Å². The van der Waals surface area contributed by atoms with Gasteiger partial charge in [-0.15, -0.1) is 0 Å². The van der Waals surface area contributed by atoms with Gasteiger partial charge < -0.3 is 25.2 Å². The van der Waals surface area contributed by atoms with Crippen molar-refractivity contribution in [2.24, 2.45) is 0 Å². The Labute approximate surface area is 335 Å². The van der Waals surface area contributed by atoms with Crippen molar-refractivity contribution in [3.8, 4) is 11.1 Å². The zero-order valence-corrected chi connectivity index (χ0v) is 33.4. The number of nitrogens with zero attached hydrogens (tertiary/aromatic N) is 3. The molecule has 0 spiro atoms. The molecule has 4 aromatic carbocycles. The summed E-state index contributed by atoms with van der Waals surface area (Å²) in [7, 11) is 3.86. The fraction of sp³-hybridized carbons (Fsp3) is 0.333. The number of amides is 4. The number of allylic oxidation sites excluding steroid dienone is 1. The molecule has 0 radical (unpaired) electrons. The molecule has 1 aliphatic heterocycles. The molecule has 11 heteroatoms. The van der Waals surface area contributed by atoms with E-state index in [2.05, 4.69) is 17.6 Å². The van der Waals surface area contributed by atoms with E-state index in [1.54, 1.807) is 36.1 Å². The van der Waals surface area contributed by atoms with E-state index in [9.17, 15) is 19.2 Å².